The van der Waals surface area contributed by atoms with E-state index in [0.717, 1.165) is 42.6 Å². The number of thiophene rings is 1. The molecule has 0 unspecified atom stereocenters. The zero-order chi connectivity index (χ0) is 13.0. The molecule has 0 N–H and O–H groups in total. The van der Waals surface area contributed by atoms with Crippen molar-refractivity contribution in [3.05, 3.63) is 21.4 Å². The molecule has 0 fully saturated rings. The van der Waals surface area contributed by atoms with Gasteiger partial charge >= 0.3 is 0 Å². The normalized spacial score (nSPS) is 13.7. The van der Waals surface area contributed by atoms with Crippen molar-refractivity contribution in [1.82, 2.24) is 4.90 Å². The molecule has 1 aliphatic rings. The first-order chi connectivity index (χ1) is 8.76. The van der Waals surface area contributed by atoms with Gasteiger partial charge in [-0.25, -0.2) is 0 Å². The lowest BCUT2D eigenvalue weighted by Gasteiger charge is -2.20. The molecular weight excluding hydrogens is 310 g/mol. The second-order valence-corrected chi connectivity index (χ2v) is 6.68. The van der Waals surface area contributed by atoms with Crippen molar-refractivity contribution in [1.29, 1.82) is 0 Å². The second-order valence-electron chi connectivity index (χ2n) is 4.75. The van der Waals surface area contributed by atoms with Crippen LogP contribution in [0, 0.1) is 0 Å². The zero-order valence-electron chi connectivity index (χ0n) is 10.9. The molecule has 0 bridgehead atoms. The molecule has 1 heterocycles. The molecule has 0 aliphatic heterocycles. The van der Waals surface area contributed by atoms with Gasteiger partial charge in [0.05, 0.1) is 4.88 Å². The number of aryl methyl sites for hydroxylation is 2. The fourth-order valence-corrected chi connectivity index (χ4v) is 4.01. The topological polar surface area (TPSA) is 20.3 Å². The molecule has 0 radical (unpaired) electrons. The van der Waals surface area contributed by atoms with Crippen LogP contribution in [0.2, 0.25) is 0 Å². The lowest BCUT2D eigenvalue weighted by Crippen LogP contribution is -2.33. The molecule has 18 heavy (non-hydrogen) atoms. The number of hydrogen-bond donors (Lipinski definition) is 0. The summed E-state index contributed by atoms with van der Waals surface area (Å²) in [5, 5.41) is 0.855. The van der Waals surface area contributed by atoms with Crippen molar-refractivity contribution in [3.8, 4) is 0 Å². The van der Waals surface area contributed by atoms with Crippen LogP contribution in [0.5, 0.6) is 0 Å². The number of unbranched alkanes of at least 4 members (excludes halogenated alkanes) is 1. The van der Waals surface area contributed by atoms with Gasteiger partial charge in [0.1, 0.15) is 0 Å². The summed E-state index contributed by atoms with van der Waals surface area (Å²) in [5.41, 5.74) is 1.41. The number of fused-ring (bicyclic) bond motifs is 1. The molecule has 1 aromatic heterocycles. The quantitative estimate of drug-likeness (QED) is 0.725. The van der Waals surface area contributed by atoms with E-state index in [1.54, 1.807) is 11.3 Å². The van der Waals surface area contributed by atoms with E-state index in [1.807, 2.05) is 4.90 Å². The Bertz CT molecular complexity index is 394. The number of halogens is 1. The van der Waals surface area contributed by atoms with Gasteiger partial charge in [0, 0.05) is 23.3 Å². The highest BCUT2D eigenvalue weighted by Gasteiger charge is 2.21. The van der Waals surface area contributed by atoms with Crippen molar-refractivity contribution < 1.29 is 4.79 Å². The number of hydrogen-bond acceptors (Lipinski definition) is 2. The Morgan fingerprint density at radius 1 is 1.44 bits per heavy atom. The first-order valence-electron chi connectivity index (χ1n) is 6.73. The van der Waals surface area contributed by atoms with Gasteiger partial charge in [-0.15, -0.1) is 11.3 Å². The Morgan fingerprint density at radius 2 is 2.28 bits per heavy atom. The van der Waals surface area contributed by atoms with Gasteiger partial charge in [-0.05, 0) is 37.3 Å². The van der Waals surface area contributed by atoms with Crippen molar-refractivity contribution in [2.24, 2.45) is 0 Å². The van der Waals surface area contributed by atoms with E-state index in [1.165, 1.54) is 23.3 Å². The average Bonchev–Trinajstić information content (AvgIpc) is 2.94. The lowest BCUT2D eigenvalue weighted by molar-refractivity contribution is 0.0769. The molecule has 0 spiro atoms. The predicted octanol–water partition coefficient (Wildman–Crippen LogP) is 3.87. The number of nitrogens with zero attached hydrogens (tertiary/aromatic N) is 1. The summed E-state index contributed by atoms with van der Waals surface area (Å²) in [6.45, 7) is 3.85. The molecule has 2 rings (SSSR count). The summed E-state index contributed by atoms with van der Waals surface area (Å²) in [7, 11) is 0. The van der Waals surface area contributed by atoms with Gasteiger partial charge in [0.15, 0.2) is 0 Å². The smallest absolute Gasteiger partial charge is 0.263 e. The van der Waals surface area contributed by atoms with E-state index in [9.17, 15) is 4.79 Å². The molecule has 1 amide bonds. The summed E-state index contributed by atoms with van der Waals surface area (Å²) < 4.78 is 0. The van der Waals surface area contributed by atoms with Gasteiger partial charge in [-0.3, -0.25) is 4.79 Å². The Morgan fingerprint density at radius 3 is 2.94 bits per heavy atom. The Kier molecular flexibility index (Phi) is 5.25. The molecule has 2 nitrogen and oxygen atoms in total. The van der Waals surface area contributed by atoms with Crippen LogP contribution < -0.4 is 0 Å². The monoisotopic (exact) mass is 329 g/mol. The minimum Gasteiger partial charge on any atom is -0.337 e. The van der Waals surface area contributed by atoms with E-state index >= 15 is 0 Å². The third-order valence-corrected chi connectivity index (χ3v) is 4.96. The molecule has 4 heteroatoms. The Balaban J connectivity index is 2.06. The maximum absolute atomic E-state index is 12.5. The Hall–Kier alpha value is -0.350. The zero-order valence-corrected chi connectivity index (χ0v) is 13.3. The van der Waals surface area contributed by atoms with Gasteiger partial charge in [0.2, 0.25) is 0 Å². The van der Waals surface area contributed by atoms with Crippen LogP contribution in [0.4, 0.5) is 0 Å². The highest BCUT2D eigenvalue weighted by molar-refractivity contribution is 9.09. The lowest BCUT2D eigenvalue weighted by atomic mass is 10.2. The number of carbonyl (C=O) groups excluding carboxylic acids is 1. The summed E-state index contributed by atoms with van der Waals surface area (Å²) in [6.07, 6.45) is 5.81. The van der Waals surface area contributed by atoms with Crippen molar-refractivity contribution in [2.45, 2.75) is 39.0 Å². The molecule has 0 saturated carbocycles. The number of alkyl halides is 1. The standard InChI is InChI=1S/C14H20BrNOS/c1-2-3-8-16(9-7-15)14(17)13-10-11-5-4-6-12(11)18-13/h10H,2-9H2,1H3. The molecule has 0 saturated heterocycles. The highest BCUT2D eigenvalue weighted by Crippen LogP contribution is 2.31. The average molecular weight is 330 g/mol. The molecule has 1 aromatic rings. The second kappa shape index (κ2) is 6.71. The maximum Gasteiger partial charge on any atom is 0.263 e. The molecule has 100 valence electrons. The summed E-state index contributed by atoms with van der Waals surface area (Å²) in [4.78, 5) is 16.8. The minimum absolute atomic E-state index is 0.224. The highest BCUT2D eigenvalue weighted by atomic mass is 79.9. The van der Waals surface area contributed by atoms with E-state index in [-0.39, 0.29) is 5.91 Å². The number of rotatable bonds is 6. The fourth-order valence-electron chi connectivity index (χ4n) is 2.36. The number of carbonyl (C=O) groups is 1. The minimum atomic E-state index is 0.224. The molecule has 1 aliphatic carbocycles. The van der Waals surface area contributed by atoms with E-state index in [2.05, 4.69) is 28.9 Å². The molecular formula is C14H20BrNOS. The summed E-state index contributed by atoms with van der Waals surface area (Å²) in [6, 6.07) is 2.13. The van der Waals surface area contributed by atoms with Crippen LogP contribution in [-0.2, 0) is 12.8 Å². The van der Waals surface area contributed by atoms with Gasteiger partial charge in [-0.1, -0.05) is 29.3 Å². The van der Waals surface area contributed by atoms with E-state index in [4.69, 9.17) is 0 Å². The van der Waals surface area contributed by atoms with Gasteiger partial charge < -0.3 is 4.90 Å². The third-order valence-electron chi connectivity index (χ3n) is 3.38. The predicted molar refractivity (Wildman–Crippen MR) is 80.9 cm³/mol. The third kappa shape index (κ3) is 3.15. The van der Waals surface area contributed by atoms with Crippen LogP contribution in [0.1, 0.15) is 46.3 Å². The van der Waals surface area contributed by atoms with Crippen LogP contribution in [-0.4, -0.2) is 29.2 Å². The van der Waals surface area contributed by atoms with Crippen LogP contribution in [0.25, 0.3) is 0 Å². The van der Waals surface area contributed by atoms with Crippen molar-refractivity contribution in [3.63, 3.8) is 0 Å². The van der Waals surface area contributed by atoms with Crippen LogP contribution in [0.15, 0.2) is 6.07 Å². The summed E-state index contributed by atoms with van der Waals surface area (Å²) >= 11 is 5.15. The molecule has 0 atom stereocenters. The SMILES string of the molecule is CCCCN(CCBr)C(=O)c1cc2c(s1)CCC2. The Labute approximate surface area is 122 Å². The first kappa shape index (κ1) is 14.1. The van der Waals surface area contributed by atoms with E-state index < -0.39 is 0 Å². The van der Waals surface area contributed by atoms with Crippen molar-refractivity contribution >= 4 is 33.2 Å². The van der Waals surface area contributed by atoms with E-state index in [0.29, 0.717) is 0 Å². The van der Waals surface area contributed by atoms with Crippen LogP contribution in [0.3, 0.4) is 0 Å². The van der Waals surface area contributed by atoms with Gasteiger partial charge in [-0.2, -0.15) is 0 Å². The maximum atomic E-state index is 12.5. The van der Waals surface area contributed by atoms with Crippen LogP contribution >= 0.6 is 27.3 Å². The largest absolute Gasteiger partial charge is 0.337 e. The first-order valence-corrected chi connectivity index (χ1v) is 8.67. The molecule has 0 aromatic carbocycles. The fraction of sp³-hybridized carbons (Fsp3) is 0.643. The number of amides is 1. The van der Waals surface area contributed by atoms with Crippen molar-refractivity contribution in [2.75, 3.05) is 18.4 Å². The van der Waals surface area contributed by atoms with Gasteiger partial charge in [0.25, 0.3) is 5.91 Å². The summed E-state index contributed by atoms with van der Waals surface area (Å²) in [5.74, 6) is 0.224.